The zero-order valence-electron chi connectivity index (χ0n) is 12.8. The van der Waals surface area contributed by atoms with E-state index in [1.807, 2.05) is 13.8 Å². The number of esters is 1. The number of hydrogen-bond acceptors (Lipinski definition) is 6. The summed E-state index contributed by atoms with van der Waals surface area (Å²) in [5, 5.41) is 3.21. The second-order valence-corrected chi connectivity index (χ2v) is 5.59. The number of carbonyl (C=O) groups excluding carboxylic acids is 2. The molecule has 1 aromatic heterocycles. The van der Waals surface area contributed by atoms with Crippen LogP contribution in [0.25, 0.3) is 0 Å². The Kier molecular flexibility index (Phi) is 6.80. The van der Waals surface area contributed by atoms with Gasteiger partial charge in [0.1, 0.15) is 11.1 Å². The topological polar surface area (TPSA) is 90.7 Å². The standard InChI is InChI=1S/C14H22N2O4S/c1-5-9-8(3)21-13(11(9)14(18)20-6-2)16-12(17)10(7-15)19-4/h10H,5-7,15H2,1-4H3,(H,16,17). The molecule has 0 aliphatic carbocycles. The van der Waals surface area contributed by atoms with Crippen molar-refractivity contribution in [2.45, 2.75) is 33.3 Å². The van der Waals surface area contributed by atoms with E-state index in [9.17, 15) is 9.59 Å². The van der Waals surface area contributed by atoms with Crippen molar-refractivity contribution < 1.29 is 19.1 Å². The first-order valence-electron chi connectivity index (χ1n) is 6.83. The highest BCUT2D eigenvalue weighted by atomic mass is 32.1. The first-order valence-corrected chi connectivity index (χ1v) is 7.64. The third kappa shape index (κ3) is 4.03. The summed E-state index contributed by atoms with van der Waals surface area (Å²) in [4.78, 5) is 25.2. The molecule has 0 aliphatic heterocycles. The number of thiophene rings is 1. The minimum absolute atomic E-state index is 0.0715. The second kappa shape index (κ2) is 8.11. The van der Waals surface area contributed by atoms with Gasteiger partial charge in [-0.05, 0) is 25.8 Å². The van der Waals surface area contributed by atoms with Gasteiger partial charge in [-0.25, -0.2) is 4.79 Å². The Morgan fingerprint density at radius 3 is 2.52 bits per heavy atom. The van der Waals surface area contributed by atoms with Crippen molar-refractivity contribution in [2.75, 3.05) is 25.6 Å². The first kappa shape index (κ1) is 17.6. The lowest BCUT2D eigenvalue weighted by molar-refractivity contribution is -0.125. The molecular formula is C14H22N2O4S. The fourth-order valence-corrected chi connectivity index (χ4v) is 3.15. The van der Waals surface area contributed by atoms with Crippen molar-refractivity contribution >= 4 is 28.2 Å². The number of rotatable bonds is 7. The highest BCUT2D eigenvalue weighted by molar-refractivity contribution is 7.16. The number of carbonyl (C=O) groups is 2. The molecule has 0 bridgehead atoms. The monoisotopic (exact) mass is 314 g/mol. The molecule has 0 fully saturated rings. The zero-order chi connectivity index (χ0) is 16.0. The number of amides is 1. The van der Waals surface area contributed by atoms with E-state index in [0.29, 0.717) is 17.0 Å². The maximum Gasteiger partial charge on any atom is 0.341 e. The van der Waals surface area contributed by atoms with Gasteiger partial charge < -0.3 is 20.5 Å². The van der Waals surface area contributed by atoms with E-state index in [0.717, 1.165) is 10.4 Å². The Hall–Kier alpha value is -1.44. The average molecular weight is 314 g/mol. The lowest BCUT2D eigenvalue weighted by atomic mass is 10.1. The molecule has 118 valence electrons. The minimum Gasteiger partial charge on any atom is -0.462 e. The molecule has 1 heterocycles. The predicted molar refractivity (Wildman–Crippen MR) is 82.9 cm³/mol. The van der Waals surface area contributed by atoms with Crippen LogP contribution in [-0.2, 0) is 20.7 Å². The third-order valence-corrected chi connectivity index (χ3v) is 4.13. The molecule has 0 radical (unpaired) electrons. The van der Waals surface area contributed by atoms with Gasteiger partial charge in [-0.1, -0.05) is 6.92 Å². The minimum atomic E-state index is -0.743. The van der Waals surface area contributed by atoms with Crippen LogP contribution in [0, 0.1) is 6.92 Å². The van der Waals surface area contributed by atoms with Gasteiger partial charge >= 0.3 is 5.97 Å². The van der Waals surface area contributed by atoms with Crippen molar-refractivity contribution in [1.29, 1.82) is 0 Å². The Morgan fingerprint density at radius 1 is 1.38 bits per heavy atom. The Labute approximate surface area is 128 Å². The molecule has 1 aromatic rings. The van der Waals surface area contributed by atoms with Crippen LogP contribution in [0.5, 0.6) is 0 Å². The van der Waals surface area contributed by atoms with Gasteiger partial charge in [0.05, 0.1) is 12.2 Å². The molecule has 1 atom stereocenters. The van der Waals surface area contributed by atoms with Crippen LogP contribution >= 0.6 is 11.3 Å². The van der Waals surface area contributed by atoms with E-state index in [1.165, 1.54) is 18.4 Å². The van der Waals surface area contributed by atoms with Crippen LogP contribution in [0.2, 0.25) is 0 Å². The average Bonchev–Trinajstić information content (AvgIpc) is 2.75. The molecule has 0 aliphatic rings. The lowest BCUT2D eigenvalue weighted by Gasteiger charge is -2.13. The summed E-state index contributed by atoms with van der Waals surface area (Å²) in [5.41, 5.74) is 6.80. The fourth-order valence-electron chi connectivity index (χ4n) is 2.01. The normalized spacial score (nSPS) is 12.0. The van der Waals surface area contributed by atoms with E-state index in [1.54, 1.807) is 6.92 Å². The number of aryl methyl sites for hydroxylation is 1. The van der Waals surface area contributed by atoms with Crippen LogP contribution in [0.15, 0.2) is 0 Å². The van der Waals surface area contributed by atoms with E-state index < -0.39 is 12.1 Å². The molecule has 1 rings (SSSR count). The van der Waals surface area contributed by atoms with Crippen molar-refractivity contribution in [3.63, 3.8) is 0 Å². The fraction of sp³-hybridized carbons (Fsp3) is 0.571. The quantitative estimate of drug-likeness (QED) is 0.748. The predicted octanol–water partition coefficient (Wildman–Crippen LogP) is 1.71. The molecule has 6 nitrogen and oxygen atoms in total. The third-order valence-electron chi connectivity index (χ3n) is 3.07. The molecular weight excluding hydrogens is 292 g/mol. The summed E-state index contributed by atoms with van der Waals surface area (Å²) in [6.07, 6.45) is -0.0516. The molecule has 21 heavy (non-hydrogen) atoms. The van der Waals surface area contributed by atoms with E-state index in [4.69, 9.17) is 15.2 Å². The Morgan fingerprint density at radius 2 is 2.05 bits per heavy atom. The zero-order valence-corrected chi connectivity index (χ0v) is 13.6. The molecule has 0 saturated heterocycles. The first-order chi connectivity index (χ1) is 9.99. The van der Waals surface area contributed by atoms with Gasteiger partial charge in [-0.2, -0.15) is 0 Å². The maximum absolute atomic E-state index is 12.1. The summed E-state index contributed by atoms with van der Waals surface area (Å²) in [5.74, 6) is -0.787. The van der Waals surface area contributed by atoms with Gasteiger partial charge in [0.2, 0.25) is 0 Å². The van der Waals surface area contributed by atoms with Crippen LogP contribution < -0.4 is 11.1 Å². The number of nitrogens with one attached hydrogen (secondary N) is 1. The highest BCUT2D eigenvalue weighted by Gasteiger charge is 2.25. The van der Waals surface area contributed by atoms with E-state index in [2.05, 4.69) is 5.32 Å². The van der Waals surface area contributed by atoms with Crippen LogP contribution in [-0.4, -0.2) is 38.2 Å². The number of hydrogen-bond donors (Lipinski definition) is 2. The Bertz CT molecular complexity index is 509. The SMILES string of the molecule is CCOC(=O)c1c(NC(=O)C(CN)OC)sc(C)c1CC. The molecule has 0 saturated carbocycles. The van der Waals surface area contributed by atoms with Crippen LogP contribution in [0.1, 0.15) is 34.6 Å². The summed E-state index contributed by atoms with van der Waals surface area (Å²) < 4.78 is 10.1. The van der Waals surface area contributed by atoms with Crippen molar-refractivity contribution in [3.8, 4) is 0 Å². The van der Waals surface area contributed by atoms with E-state index in [-0.39, 0.29) is 19.1 Å². The lowest BCUT2D eigenvalue weighted by Crippen LogP contribution is -2.36. The molecule has 0 aromatic carbocycles. The van der Waals surface area contributed by atoms with Gasteiger partial charge in [-0.3, -0.25) is 4.79 Å². The van der Waals surface area contributed by atoms with Crippen molar-refractivity contribution in [3.05, 3.63) is 16.0 Å². The molecule has 3 N–H and O–H groups in total. The number of ether oxygens (including phenoxy) is 2. The van der Waals surface area contributed by atoms with Gasteiger partial charge in [0.25, 0.3) is 5.91 Å². The summed E-state index contributed by atoms with van der Waals surface area (Å²) in [7, 11) is 1.42. The van der Waals surface area contributed by atoms with Crippen molar-refractivity contribution in [2.24, 2.45) is 5.73 Å². The molecule has 7 heteroatoms. The molecule has 0 spiro atoms. The highest BCUT2D eigenvalue weighted by Crippen LogP contribution is 2.34. The number of nitrogens with two attached hydrogens (primary N) is 1. The Balaban J connectivity index is 3.12. The van der Waals surface area contributed by atoms with Crippen LogP contribution in [0.3, 0.4) is 0 Å². The number of methoxy groups -OCH3 is 1. The maximum atomic E-state index is 12.1. The molecule has 1 amide bonds. The van der Waals surface area contributed by atoms with Gasteiger partial charge in [0.15, 0.2) is 0 Å². The van der Waals surface area contributed by atoms with E-state index >= 15 is 0 Å². The second-order valence-electron chi connectivity index (χ2n) is 4.36. The molecule has 1 unspecified atom stereocenters. The van der Waals surface area contributed by atoms with Gasteiger partial charge in [0, 0.05) is 18.5 Å². The smallest absolute Gasteiger partial charge is 0.341 e. The summed E-state index contributed by atoms with van der Waals surface area (Å²) in [6, 6.07) is 0. The van der Waals surface area contributed by atoms with Crippen LogP contribution in [0.4, 0.5) is 5.00 Å². The summed E-state index contributed by atoms with van der Waals surface area (Å²) >= 11 is 1.36. The largest absolute Gasteiger partial charge is 0.462 e. The van der Waals surface area contributed by atoms with Gasteiger partial charge in [-0.15, -0.1) is 11.3 Å². The van der Waals surface area contributed by atoms with Crippen molar-refractivity contribution in [1.82, 2.24) is 0 Å². The number of anilines is 1. The summed E-state index contributed by atoms with van der Waals surface area (Å²) in [6.45, 7) is 5.98.